The first kappa shape index (κ1) is 23.4. The monoisotopic (exact) mass is 487 g/mol. The topological polar surface area (TPSA) is 64.1 Å². The largest absolute Gasteiger partial charge is 0.493 e. The summed E-state index contributed by atoms with van der Waals surface area (Å²) in [4.78, 5) is 21.7. The number of piperazine rings is 1. The van der Waals surface area contributed by atoms with Crippen molar-refractivity contribution >= 4 is 28.8 Å². The molecule has 3 aromatic rings. The van der Waals surface area contributed by atoms with Crippen molar-refractivity contribution in [1.82, 2.24) is 14.8 Å². The van der Waals surface area contributed by atoms with E-state index in [2.05, 4.69) is 9.88 Å². The van der Waals surface area contributed by atoms with Crippen molar-refractivity contribution in [3.63, 3.8) is 0 Å². The van der Waals surface area contributed by atoms with Crippen LogP contribution >= 0.6 is 22.9 Å². The summed E-state index contributed by atoms with van der Waals surface area (Å²) in [7, 11) is 3.20. The fraction of sp³-hybridized carbons (Fsp3) is 0.333. The zero-order chi connectivity index (χ0) is 23.2. The molecule has 4 rings (SSSR count). The van der Waals surface area contributed by atoms with Crippen LogP contribution in [0.2, 0.25) is 5.02 Å². The lowest BCUT2D eigenvalue weighted by atomic mass is 10.2. The predicted molar refractivity (Wildman–Crippen MR) is 130 cm³/mol. The molecule has 174 valence electrons. The van der Waals surface area contributed by atoms with E-state index < -0.39 is 0 Å². The molecule has 0 aliphatic carbocycles. The molecule has 1 aromatic heterocycles. The lowest BCUT2D eigenvalue weighted by molar-refractivity contribution is 0.0615. The number of hydrogen-bond acceptors (Lipinski definition) is 7. The van der Waals surface area contributed by atoms with Gasteiger partial charge in [-0.1, -0.05) is 11.6 Å². The number of aromatic nitrogens is 1. The Balaban J connectivity index is 1.28. The fourth-order valence-corrected chi connectivity index (χ4v) is 4.55. The van der Waals surface area contributed by atoms with E-state index >= 15 is 0 Å². The van der Waals surface area contributed by atoms with Gasteiger partial charge in [-0.2, -0.15) is 0 Å². The van der Waals surface area contributed by atoms with Crippen LogP contribution in [-0.2, 0) is 0 Å². The Hall–Kier alpha value is -2.81. The Bertz CT molecular complexity index is 1080. The SMILES string of the molecule is COc1ccc(-c2nc(C(=O)N3CCN(CCOc4ccc(Cl)cc4)CC3)cs2)cc1OC. The summed E-state index contributed by atoms with van der Waals surface area (Å²) in [5.74, 6) is 2.07. The number of thiazole rings is 1. The second-order valence-electron chi connectivity index (χ2n) is 7.54. The van der Waals surface area contributed by atoms with Crippen molar-refractivity contribution in [3.05, 3.63) is 58.6 Å². The number of amides is 1. The summed E-state index contributed by atoms with van der Waals surface area (Å²) in [6, 6.07) is 13.0. The number of methoxy groups -OCH3 is 2. The molecule has 0 spiro atoms. The van der Waals surface area contributed by atoms with Crippen molar-refractivity contribution in [1.29, 1.82) is 0 Å². The molecule has 0 unspecified atom stereocenters. The van der Waals surface area contributed by atoms with Gasteiger partial charge in [-0.15, -0.1) is 11.3 Å². The molecule has 9 heteroatoms. The van der Waals surface area contributed by atoms with Gasteiger partial charge in [-0.3, -0.25) is 9.69 Å². The number of hydrogen-bond donors (Lipinski definition) is 0. The van der Waals surface area contributed by atoms with Gasteiger partial charge in [0.1, 0.15) is 23.1 Å². The lowest BCUT2D eigenvalue weighted by Gasteiger charge is -2.34. The van der Waals surface area contributed by atoms with Gasteiger partial charge < -0.3 is 19.1 Å². The van der Waals surface area contributed by atoms with Gasteiger partial charge in [0, 0.05) is 48.7 Å². The minimum absolute atomic E-state index is 0.0324. The van der Waals surface area contributed by atoms with E-state index in [0.29, 0.717) is 41.9 Å². The molecule has 7 nitrogen and oxygen atoms in total. The molecule has 1 amide bonds. The van der Waals surface area contributed by atoms with Crippen LogP contribution in [0.4, 0.5) is 0 Å². The molecule has 2 heterocycles. The summed E-state index contributed by atoms with van der Waals surface area (Å²) < 4.78 is 16.4. The Labute approximate surface area is 202 Å². The Kier molecular flexibility index (Phi) is 7.69. The number of ether oxygens (including phenoxy) is 3. The number of carbonyl (C=O) groups is 1. The number of carbonyl (C=O) groups excluding carboxylic acids is 1. The van der Waals surface area contributed by atoms with E-state index in [-0.39, 0.29) is 5.91 Å². The molecule has 0 bridgehead atoms. The molecule has 1 aliphatic rings. The average molecular weight is 488 g/mol. The number of benzene rings is 2. The van der Waals surface area contributed by atoms with Crippen molar-refractivity contribution in [3.8, 4) is 27.8 Å². The normalized spacial score (nSPS) is 14.2. The van der Waals surface area contributed by atoms with Gasteiger partial charge in [0.05, 0.1) is 14.2 Å². The van der Waals surface area contributed by atoms with Crippen LogP contribution in [-0.4, -0.2) is 74.2 Å². The van der Waals surface area contributed by atoms with E-state index in [1.807, 2.05) is 52.7 Å². The smallest absolute Gasteiger partial charge is 0.273 e. The van der Waals surface area contributed by atoms with Gasteiger partial charge in [0.25, 0.3) is 5.91 Å². The summed E-state index contributed by atoms with van der Waals surface area (Å²) in [6.07, 6.45) is 0. The third-order valence-corrected chi connectivity index (χ3v) is 6.65. The molecule has 0 atom stereocenters. The highest BCUT2D eigenvalue weighted by Gasteiger charge is 2.24. The Morgan fingerprint density at radius 1 is 1.03 bits per heavy atom. The summed E-state index contributed by atoms with van der Waals surface area (Å²) >= 11 is 7.35. The van der Waals surface area contributed by atoms with Gasteiger partial charge in [0.15, 0.2) is 11.5 Å². The summed E-state index contributed by atoms with van der Waals surface area (Å²) in [5, 5.41) is 3.29. The van der Waals surface area contributed by atoms with Crippen molar-refractivity contribution in [2.45, 2.75) is 0 Å². The highest BCUT2D eigenvalue weighted by Crippen LogP contribution is 2.33. The standard InChI is InChI=1S/C24H26ClN3O4S/c1-30-21-8-3-17(15-22(21)31-2)23-26-20(16-33-23)24(29)28-11-9-27(10-12-28)13-14-32-19-6-4-18(25)5-7-19/h3-8,15-16H,9-14H2,1-2H3. The van der Waals surface area contributed by atoms with Crippen molar-refractivity contribution < 1.29 is 19.0 Å². The first-order valence-corrected chi connectivity index (χ1v) is 11.9. The summed E-state index contributed by atoms with van der Waals surface area (Å²) in [5.41, 5.74) is 1.37. The van der Waals surface area contributed by atoms with E-state index in [9.17, 15) is 4.79 Å². The fourth-order valence-electron chi connectivity index (χ4n) is 3.63. The molecular weight excluding hydrogens is 462 g/mol. The van der Waals surface area contributed by atoms with Gasteiger partial charge in [-0.25, -0.2) is 4.98 Å². The number of rotatable bonds is 8. The lowest BCUT2D eigenvalue weighted by Crippen LogP contribution is -2.49. The highest BCUT2D eigenvalue weighted by atomic mass is 35.5. The molecular formula is C24H26ClN3O4S. The second kappa shape index (κ2) is 10.9. The van der Waals surface area contributed by atoms with Crippen LogP contribution in [0.5, 0.6) is 17.2 Å². The Morgan fingerprint density at radius 2 is 1.76 bits per heavy atom. The van der Waals surface area contributed by atoms with Crippen molar-refractivity contribution in [2.24, 2.45) is 0 Å². The zero-order valence-corrected chi connectivity index (χ0v) is 20.2. The van der Waals surface area contributed by atoms with Crippen LogP contribution in [0.1, 0.15) is 10.5 Å². The quantitative estimate of drug-likeness (QED) is 0.471. The van der Waals surface area contributed by atoms with E-state index in [4.69, 9.17) is 25.8 Å². The maximum Gasteiger partial charge on any atom is 0.273 e. The first-order chi connectivity index (χ1) is 16.1. The van der Waals surface area contributed by atoms with Crippen LogP contribution in [0, 0.1) is 0 Å². The molecule has 33 heavy (non-hydrogen) atoms. The maximum atomic E-state index is 13.0. The average Bonchev–Trinajstić information content (AvgIpc) is 3.35. The van der Waals surface area contributed by atoms with Crippen LogP contribution < -0.4 is 14.2 Å². The molecule has 0 radical (unpaired) electrons. The van der Waals surface area contributed by atoms with Gasteiger partial charge in [-0.05, 0) is 42.5 Å². The van der Waals surface area contributed by atoms with Crippen LogP contribution in [0.15, 0.2) is 47.8 Å². The minimum Gasteiger partial charge on any atom is -0.493 e. The molecule has 1 fully saturated rings. The highest BCUT2D eigenvalue weighted by molar-refractivity contribution is 7.13. The first-order valence-electron chi connectivity index (χ1n) is 10.7. The van der Waals surface area contributed by atoms with E-state index in [0.717, 1.165) is 36.0 Å². The number of nitrogens with zero attached hydrogens (tertiary/aromatic N) is 3. The zero-order valence-electron chi connectivity index (χ0n) is 18.6. The molecule has 0 N–H and O–H groups in total. The third kappa shape index (κ3) is 5.76. The third-order valence-electron chi connectivity index (χ3n) is 5.50. The minimum atomic E-state index is -0.0324. The molecule has 1 aliphatic heterocycles. The Morgan fingerprint density at radius 3 is 2.45 bits per heavy atom. The van der Waals surface area contributed by atoms with Crippen LogP contribution in [0.3, 0.4) is 0 Å². The number of halogens is 1. The van der Waals surface area contributed by atoms with Crippen molar-refractivity contribution in [2.75, 3.05) is 53.6 Å². The van der Waals surface area contributed by atoms with Gasteiger partial charge in [0.2, 0.25) is 0 Å². The van der Waals surface area contributed by atoms with Crippen LogP contribution in [0.25, 0.3) is 10.6 Å². The molecule has 2 aromatic carbocycles. The molecule has 0 saturated carbocycles. The maximum absolute atomic E-state index is 13.0. The van der Waals surface area contributed by atoms with E-state index in [1.54, 1.807) is 14.2 Å². The molecule has 1 saturated heterocycles. The second-order valence-corrected chi connectivity index (χ2v) is 8.84. The van der Waals surface area contributed by atoms with Gasteiger partial charge >= 0.3 is 0 Å². The summed E-state index contributed by atoms with van der Waals surface area (Å²) in [6.45, 7) is 4.36. The van der Waals surface area contributed by atoms with E-state index in [1.165, 1.54) is 11.3 Å². The predicted octanol–water partition coefficient (Wildman–Crippen LogP) is 4.32.